The van der Waals surface area contributed by atoms with Gasteiger partial charge in [0.25, 0.3) is 5.17 Å². The first kappa shape index (κ1) is 18.3. The number of amides is 1. The first-order valence-corrected chi connectivity index (χ1v) is 8.88. The van der Waals surface area contributed by atoms with Crippen molar-refractivity contribution in [3.05, 3.63) is 35.9 Å². The lowest BCUT2D eigenvalue weighted by molar-refractivity contribution is -0.133. The van der Waals surface area contributed by atoms with Gasteiger partial charge in [0.15, 0.2) is 0 Å². The molecule has 0 aliphatic carbocycles. The second-order valence-corrected chi connectivity index (χ2v) is 7.92. The predicted molar refractivity (Wildman–Crippen MR) is 101 cm³/mol. The van der Waals surface area contributed by atoms with Gasteiger partial charge in [-0.3, -0.25) is 9.69 Å². The van der Waals surface area contributed by atoms with Crippen molar-refractivity contribution in [3.8, 4) is 0 Å². The lowest BCUT2D eigenvalue weighted by atomic mass is 9.88. The number of ether oxygens (including phenoxy) is 1. The van der Waals surface area contributed by atoms with Gasteiger partial charge in [-0.1, -0.05) is 51.1 Å². The van der Waals surface area contributed by atoms with E-state index in [-0.39, 0.29) is 34.2 Å². The van der Waals surface area contributed by atoms with Crippen molar-refractivity contribution in [1.29, 1.82) is 0 Å². The van der Waals surface area contributed by atoms with Gasteiger partial charge in [0, 0.05) is 5.25 Å². The highest BCUT2D eigenvalue weighted by Crippen LogP contribution is 2.38. The highest BCUT2D eigenvalue weighted by molar-refractivity contribution is 7.80. The Labute approximate surface area is 149 Å². The van der Waals surface area contributed by atoms with Crippen molar-refractivity contribution in [2.45, 2.75) is 51.5 Å². The standard InChI is InChI=1S/C18H25NO2S2/c1-11(2)15-18(4,5)21-17(23)19(15)16(20)12(3)14(22)13-9-7-6-8-10-13/h6-12,14-15,22H,1-5H3/t12-,14+,15+/m1/s1. The molecule has 1 saturated heterocycles. The SMILES string of the molecule is CC(C)[C@@H]1N(C(=O)[C@H](C)[C@H](S)c2ccccc2)C(=S)OC1(C)C. The summed E-state index contributed by atoms with van der Waals surface area (Å²) in [5.41, 5.74) is 0.558. The Morgan fingerprint density at radius 2 is 1.83 bits per heavy atom. The normalized spacial score (nSPS) is 22.8. The van der Waals surface area contributed by atoms with Crippen molar-refractivity contribution >= 4 is 35.9 Å². The molecule has 0 unspecified atom stereocenters. The van der Waals surface area contributed by atoms with Gasteiger partial charge < -0.3 is 4.74 Å². The number of benzene rings is 1. The van der Waals surface area contributed by atoms with Gasteiger partial charge in [-0.05, 0) is 37.5 Å². The molecule has 1 heterocycles. The Morgan fingerprint density at radius 1 is 1.26 bits per heavy atom. The zero-order chi connectivity index (χ0) is 17.4. The number of rotatable bonds is 4. The quantitative estimate of drug-likeness (QED) is 0.650. The molecule has 1 amide bonds. The second kappa shape index (κ2) is 6.81. The van der Waals surface area contributed by atoms with E-state index >= 15 is 0 Å². The first-order valence-electron chi connectivity index (χ1n) is 7.96. The van der Waals surface area contributed by atoms with E-state index in [1.54, 1.807) is 4.90 Å². The minimum Gasteiger partial charge on any atom is -0.462 e. The monoisotopic (exact) mass is 351 g/mol. The summed E-state index contributed by atoms with van der Waals surface area (Å²) in [4.78, 5) is 14.7. The van der Waals surface area contributed by atoms with Crippen LogP contribution in [0.25, 0.3) is 0 Å². The molecular formula is C18H25NO2S2. The summed E-state index contributed by atoms with van der Waals surface area (Å²) in [7, 11) is 0. The fourth-order valence-electron chi connectivity index (χ4n) is 3.38. The summed E-state index contributed by atoms with van der Waals surface area (Å²) in [5, 5.41) is 0.0992. The number of hydrogen-bond acceptors (Lipinski definition) is 4. The minimum absolute atomic E-state index is 0.0249. The molecule has 0 N–H and O–H groups in total. The van der Waals surface area contributed by atoms with Crippen LogP contribution in [0.3, 0.4) is 0 Å². The summed E-state index contributed by atoms with van der Waals surface area (Å²) in [5.74, 6) is -0.0720. The number of nitrogens with zero attached hydrogens (tertiary/aromatic N) is 1. The van der Waals surface area contributed by atoms with Crippen molar-refractivity contribution in [2.75, 3.05) is 0 Å². The molecule has 0 radical (unpaired) electrons. The second-order valence-electron chi connectivity index (χ2n) is 7.01. The molecule has 5 heteroatoms. The van der Waals surface area contributed by atoms with Crippen LogP contribution in [-0.4, -0.2) is 27.6 Å². The number of thiocarbonyl (C=S) groups is 1. The number of carbonyl (C=O) groups is 1. The van der Waals surface area contributed by atoms with Crippen molar-refractivity contribution in [1.82, 2.24) is 4.90 Å². The third kappa shape index (κ3) is 3.56. The number of thiol groups is 1. The molecule has 1 aliphatic rings. The average Bonchev–Trinajstić information content (AvgIpc) is 2.74. The molecule has 0 spiro atoms. The maximum absolute atomic E-state index is 13.1. The summed E-state index contributed by atoms with van der Waals surface area (Å²) in [6.07, 6.45) is 0. The molecule has 23 heavy (non-hydrogen) atoms. The van der Waals surface area contributed by atoms with E-state index in [9.17, 15) is 4.79 Å². The zero-order valence-corrected chi connectivity index (χ0v) is 16.0. The van der Waals surface area contributed by atoms with E-state index in [1.807, 2.05) is 51.1 Å². The lowest BCUT2D eigenvalue weighted by Gasteiger charge is -2.33. The average molecular weight is 352 g/mol. The molecule has 0 bridgehead atoms. The van der Waals surface area contributed by atoms with Crippen LogP contribution in [0.1, 0.15) is 45.4 Å². The Bertz CT molecular complexity index is 586. The summed E-state index contributed by atoms with van der Waals surface area (Å²) < 4.78 is 5.80. The Balaban J connectivity index is 2.26. The van der Waals surface area contributed by atoms with E-state index in [0.717, 1.165) is 5.56 Å². The molecule has 1 aliphatic heterocycles. The molecule has 2 rings (SSSR count). The highest BCUT2D eigenvalue weighted by atomic mass is 32.1. The van der Waals surface area contributed by atoms with Gasteiger partial charge in [0.1, 0.15) is 5.60 Å². The van der Waals surface area contributed by atoms with Crippen molar-refractivity contribution < 1.29 is 9.53 Å². The van der Waals surface area contributed by atoms with Gasteiger partial charge in [-0.15, -0.1) is 0 Å². The Kier molecular flexibility index (Phi) is 5.41. The first-order chi connectivity index (χ1) is 10.7. The Hall–Kier alpha value is -1.07. The minimum atomic E-state index is -0.473. The van der Waals surface area contributed by atoms with E-state index < -0.39 is 5.60 Å². The molecule has 1 aromatic carbocycles. The fourth-order valence-corrected chi connectivity index (χ4v) is 4.10. The van der Waals surface area contributed by atoms with Gasteiger partial charge in [-0.2, -0.15) is 12.6 Å². The molecule has 1 aromatic rings. The van der Waals surface area contributed by atoms with Crippen molar-refractivity contribution in [2.24, 2.45) is 11.8 Å². The van der Waals surface area contributed by atoms with Crippen LogP contribution < -0.4 is 0 Å². The fraction of sp³-hybridized carbons (Fsp3) is 0.556. The molecule has 1 fully saturated rings. The highest BCUT2D eigenvalue weighted by Gasteiger charge is 2.50. The van der Waals surface area contributed by atoms with Crippen LogP contribution in [0.4, 0.5) is 0 Å². The topological polar surface area (TPSA) is 29.5 Å². The van der Waals surface area contributed by atoms with E-state index in [0.29, 0.717) is 0 Å². The van der Waals surface area contributed by atoms with Crippen LogP contribution in [-0.2, 0) is 9.53 Å². The zero-order valence-electron chi connectivity index (χ0n) is 14.3. The summed E-state index contributed by atoms with van der Waals surface area (Å²) in [6, 6.07) is 9.78. The van der Waals surface area contributed by atoms with Crippen LogP contribution in [0.15, 0.2) is 30.3 Å². The largest absolute Gasteiger partial charge is 0.462 e. The lowest BCUT2D eigenvalue weighted by Crippen LogP contribution is -2.49. The Morgan fingerprint density at radius 3 is 2.35 bits per heavy atom. The van der Waals surface area contributed by atoms with Crippen LogP contribution in [0, 0.1) is 11.8 Å². The van der Waals surface area contributed by atoms with E-state index in [2.05, 4.69) is 26.5 Å². The van der Waals surface area contributed by atoms with Gasteiger partial charge in [-0.25, -0.2) is 0 Å². The van der Waals surface area contributed by atoms with Crippen LogP contribution >= 0.6 is 24.8 Å². The van der Waals surface area contributed by atoms with Gasteiger partial charge in [0.2, 0.25) is 5.91 Å². The molecular weight excluding hydrogens is 326 g/mol. The number of carbonyl (C=O) groups excluding carboxylic acids is 1. The van der Waals surface area contributed by atoms with Gasteiger partial charge in [0.05, 0.1) is 12.0 Å². The molecule has 3 nitrogen and oxygen atoms in total. The smallest absolute Gasteiger partial charge is 0.267 e. The molecule has 0 aromatic heterocycles. The predicted octanol–water partition coefficient (Wildman–Crippen LogP) is 4.24. The van der Waals surface area contributed by atoms with Gasteiger partial charge >= 0.3 is 0 Å². The number of hydrogen-bond donors (Lipinski definition) is 1. The van der Waals surface area contributed by atoms with E-state index in [4.69, 9.17) is 17.0 Å². The summed E-state index contributed by atoms with van der Waals surface area (Å²) >= 11 is 10.0. The molecule has 3 atom stereocenters. The maximum Gasteiger partial charge on any atom is 0.267 e. The molecule has 126 valence electrons. The third-order valence-corrected chi connectivity index (χ3v) is 5.44. The van der Waals surface area contributed by atoms with E-state index in [1.165, 1.54) is 0 Å². The third-order valence-electron chi connectivity index (χ3n) is 4.41. The summed E-state index contributed by atoms with van der Waals surface area (Å²) in [6.45, 7) is 10.0. The van der Waals surface area contributed by atoms with Crippen LogP contribution in [0.5, 0.6) is 0 Å². The van der Waals surface area contributed by atoms with Crippen LogP contribution in [0.2, 0.25) is 0 Å². The molecule has 0 saturated carbocycles. The maximum atomic E-state index is 13.1. The van der Waals surface area contributed by atoms with Crippen molar-refractivity contribution in [3.63, 3.8) is 0 Å².